The third-order valence-electron chi connectivity index (χ3n) is 3.06. The molecule has 1 atom stereocenters. The molecule has 1 aromatic carbocycles. The maximum atomic E-state index is 11.8. The summed E-state index contributed by atoms with van der Waals surface area (Å²) in [7, 11) is 0. The van der Waals surface area contributed by atoms with Crippen molar-refractivity contribution in [2.45, 2.75) is 32.2 Å². The van der Waals surface area contributed by atoms with Gasteiger partial charge in [-0.15, -0.1) is 0 Å². The van der Waals surface area contributed by atoms with Gasteiger partial charge in [-0.05, 0) is 50.1 Å². The predicted octanol–water partition coefficient (Wildman–Crippen LogP) is 2.84. The molecule has 3 nitrogen and oxygen atoms in total. The Bertz CT molecular complexity index is 414. The van der Waals surface area contributed by atoms with E-state index in [0.29, 0.717) is 12.5 Å². The van der Waals surface area contributed by atoms with Gasteiger partial charge in [-0.2, -0.15) is 0 Å². The second-order valence-corrected chi connectivity index (χ2v) is 5.42. The summed E-state index contributed by atoms with van der Waals surface area (Å²) in [5, 5.41) is 6.29. The van der Waals surface area contributed by atoms with Crippen molar-refractivity contribution in [2.75, 3.05) is 11.9 Å². The van der Waals surface area contributed by atoms with Crippen LogP contribution in [0.1, 0.15) is 24.8 Å². The first-order valence-corrected chi connectivity index (χ1v) is 6.74. The van der Waals surface area contributed by atoms with E-state index in [1.54, 1.807) is 0 Å². The fourth-order valence-corrected chi connectivity index (χ4v) is 2.60. The summed E-state index contributed by atoms with van der Waals surface area (Å²) in [5.41, 5.74) is 1.98. The zero-order chi connectivity index (χ0) is 12.3. The Morgan fingerprint density at radius 2 is 2.41 bits per heavy atom. The van der Waals surface area contributed by atoms with E-state index >= 15 is 0 Å². The summed E-state index contributed by atoms with van der Waals surface area (Å²) < 4.78 is 1.03. The number of carbonyl (C=O) groups is 1. The zero-order valence-electron chi connectivity index (χ0n) is 9.92. The van der Waals surface area contributed by atoms with Crippen molar-refractivity contribution in [3.8, 4) is 0 Å². The number of nitrogens with one attached hydrogen (secondary N) is 2. The Morgan fingerprint density at radius 3 is 3.06 bits per heavy atom. The van der Waals surface area contributed by atoms with E-state index in [-0.39, 0.29) is 5.91 Å². The lowest BCUT2D eigenvalue weighted by Gasteiger charge is -2.12. The molecular weight excluding hydrogens is 280 g/mol. The summed E-state index contributed by atoms with van der Waals surface area (Å²) in [6.07, 6.45) is 2.84. The summed E-state index contributed by atoms with van der Waals surface area (Å²) in [4.78, 5) is 11.8. The van der Waals surface area contributed by atoms with Gasteiger partial charge in [0, 0.05) is 22.6 Å². The van der Waals surface area contributed by atoms with E-state index in [2.05, 4.69) is 26.6 Å². The number of carbonyl (C=O) groups excluding carboxylic acids is 1. The van der Waals surface area contributed by atoms with Gasteiger partial charge in [0.05, 0.1) is 0 Å². The second kappa shape index (κ2) is 5.65. The highest BCUT2D eigenvalue weighted by Crippen LogP contribution is 2.20. The number of benzene rings is 1. The minimum absolute atomic E-state index is 0.0924. The van der Waals surface area contributed by atoms with Crippen molar-refractivity contribution >= 4 is 27.5 Å². The summed E-state index contributed by atoms with van der Waals surface area (Å²) in [5.74, 6) is 0.0924. The Morgan fingerprint density at radius 1 is 1.59 bits per heavy atom. The van der Waals surface area contributed by atoms with Gasteiger partial charge in [-0.25, -0.2) is 0 Å². The van der Waals surface area contributed by atoms with Crippen molar-refractivity contribution in [3.05, 3.63) is 28.2 Å². The van der Waals surface area contributed by atoms with E-state index < -0.39 is 0 Å². The highest BCUT2D eigenvalue weighted by atomic mass is 79.9. The molecule has 1 heterocycles. The van der Waals surface area contributed by atoms with Gasteiger partial charge < -0.3 is 10.6 Å². The lowest BCUT2D eigenvalue weighted by Crippen LogP contribution is -2.27. The number of aryl methyl sites for hydroxylation is 1. The highest BCUT2D eigenvalue weighted by molar-refractivity contribution is 9.10. The second-order valence-electron chi connectivity index (χ2n) is 4.50. The standard InChI is InChI=1S/C13H17BrN2O/c1-9-7-10(14)4-5-12(9)16-13(17)8-11-3-2-6-15-11/h4-5,7,11,15H,2-3,6,8H2,1H3,(H,16,17). The van der Waals surface area contributed by atoms with Crippen molar-refractivity contribution in [1.29, 1.82) is 0 Å². The lowest BCUT2D eigenvalue weighted by molar-refractivity contribution is -0.116. The maximum absolute atomic E-state index is 11.8. The Balaban J connectivity index is 1.93. The van der Waals surface area contributed by atoms with Crippen LogP contribution in [-0.4, -0.2) is 18.5 Å². The lowest BCUT2D eigenvalue weighted by atomic mass is 10.1. The van der Waals surface area contributed by atoms with Crippen molar-refractivity contribution in [3.63, 3.8) is 0 Å². The summed E-state index contributed by atoms with van der Waals surface area (Å²) in [6, 6.07) is 6.23. The quantitative estimate of drug-likeness (QED) is 0.900. The third kappa shape index (κ3) is 3.54. The molecule has 1 aromatic rings. The minimum Gasteiger partial charge on any atom is -0.326 e. The molecule has 1 saturated heterocycles. The van der Waals surface area contributed by atoms with Crippen LogP contribution in [0.3, 0.4) is 0 Å². The molecule has 1 aliphatic rings. The van der Waals surface area contributed by atoms with Gasteiger partial charge in [0.1, 0.15) is 0 Å². The van der Waals surface area contributed by atoms with Crippen LogP contribution in [-0.2, 0) is 4.79 Å². The van der Waals surface area contributed by atoms with Gasteiger partial charge in [-0.1, -0.05) is 15.9 Å². The van der Waals surface area contributed by atoms with Crippen LogP contribution in [0.5, 0.6) is 0 Å². The number of halogens is 1. The van der Waals surface area contributed by atoms with Gasteiger partial charge >= 0.3 is 0 Å². The molecule has 0 bridgehead atoms. The summed E-state index contributed by atoms with van der Waals surface area (Å²) in [6.45, 7) is 3.03. The van der Waals surface area contributed by atoms with Gasteiger partial charge in [0.15, 0.2) is 0 Å². The molecule has 0 aliphatic carbocycles. The number of hydrogen-bond acceptors (Lipinski definition) is 2. The third-order valence-corrected chi connectivity index (χ3v) is 3.55. The highest BCUT2D eigenvalue weighted by Gasteiger charge is 2.17. The van der Waals surface area contributed by atoms with E-state index in [1.165, 1.54) is 6.42 Å². The molecule has 92 valence electrons. The van der Waals surface area contributed by atoms with Gasteiger partial charge in [-0.3, -0.25) is 4.79 Å². The van der Waals surface area contributed by atoms with Crippen LogP contribution >= 0.6 is 15.9 Å². The molecule has 2 N–H and O–H groups in total. The van der Waals surface area contributed by atoms with Crippen LogP contribution in [0.25, 0.3) is 0 Å². The first-order valence-electron chi connectivity index (χ1n) is 5.94. The monoisotopic (exact) mass is 296 g/mol. The minimum atomic E-state index is 0.0924. The molecule has 2 rings (SSSR count). The average Bonchev–Trinajstić information content (AvgIpc) is 2.75. The fourth-order valence-electron chi connectivity index (χ4n) is 2.12. The van der Waals surface area contributed by atoms with Crippen LogP contribution in [0.4, 0.5) is 5.69 Å². The zero-order valence-corrected chi connectivity index (χ0v) is 11.5. The number of anilines is 1. The Labute approximate surface area is 110 Å². The number of amides is 1. The van der Waals surface area contributed by atoms with Crippen LogP contribution in [0.2, 0.25) is 0 Å². The largest absolute Gasteiger partial charge is 0.326 e. The maximum Gasteiger partial charge on any atom is 0.225 e. The fraction of sp³-hybridized carbons (Fsp3) is 0.462. The molecule has 0 radical (unpaired) electrons. The molecule has 1 fully saturated rings. The molecule has 0 spiro atoms. The topological polar surface area (TPSA) is 41.1 Å². The molecule has 1 amide bonds. The molecule has 4 heteroatoms. The normalized spacial score (nSPS) is 19.3. The molecule has 17 heavy (non-hydrogen) atoms. The first kappa shape index (κ1) is 12.6. The number of rotatable bonds is 3. The first-order chi connectivity index (χ1) is 8.15. The van der Waals surface area contributed by atoms with E-state index in [1.807, 2.05) is 25.1 Å². The molecule has 1 aliphatic heterocycles. The number of hydrogen-bond donors (Lipinski definition) is 2. The smallest absolute Gasteiger partial charge is 0.225 e. The van der Waals surface area contributed by atoms with Crippen LogP contribution in [0.15, 0.2) is 22.7 Å². The Hall–Kier alpha value is -0.870. The van der Waals surface area contributed by atoms with Gasteiger partial charge in [0.25, 0.3) is 0 Å². The van der Waals surface area contributed by atoms with Crippen LogP contribution < -0.4 is 10.6 Å². The van der Waals surface area contributed by atoms with Crippen molar-refractivity contribution in [2.24, 2.45) is 0 Å². The molecule has 0 aromatic heterocycles. The SMILES string of the molecule is Cc1cc(Br)ccc1NC(=O)CC1CCCN1. The van der Waals surface area contributed by atoms with Crippen LogP contribution in [0, 0.1) is 6.92 Å². The molecular formula is C13H17BrN2O. The Kier molecular flexibility index (Phi) is 4.18. The van der Waals surface area contributed by atoms with Crippen molar-refractivity contribution < 1.29 is 4.79 Å². The molecule has 1 unspecified atom stereocenters. The van der Waals surface area contributed by atoms with Gasteiger partial charge in [0.2, 0.25) is 5.91 Å². The summed E-state index contributed by atoms with van der Waals surface area (Å²) >= 11 is 3.41. The van der Waals surface area contributed by atoms with E-state index in [4.69, 9.17) is 0 Å². The van der Waals surface area contributed by atoms with E-state index in [0.717, 1.165) is 28.7 Å². The van der Waals surface area contributed by atoms with Crippen molar-refractivity contribution in [1.82, 2.24) is 5.32 Å². The van der Waals surface area contributed by atoms with E-state index in [9.17, 15) is 4.79 Å². The average molecular weight is 297 g/mol. The predicted molar refractivity (Wildman–Crippen MR) is 73.2 cm³/mol. The molecule has 0 saturated carbocycles.